The van der Waals surface area contributed by atoms with Crippen molar-refractivity contribution >= 4 is 23.5 Å². The molecular weight excluding hydrogens is 346 g/mol. The van der Waals surface area contributed by atoms with Crippen molar-refractivity contribution in [3.63, 3.8) is 0 Å². The van der Waals surface area contributed by atoms with E-state index < -0.39 is 24.1 Å². The molecule has 2 rings (SSSR count). The van der Waals surface area contributed by atoms with Crippen LogP contribution in [0.5, 0.6) is 0 Å². The van der Waals surface area contributed by atoms with Gasteiger partial charge in [0.05, 0.1) is 10.7 Å². The van der Waals surface area contributed by atoms with Crippen LogP contribution in [0.2, 0.25) is 5.02 Å². The maximum Gasteiger partial charge on any atom is 0.359 e. The molecule has 0 aliphatic heterocycles. The molecule has 7 nitrogen and oxygen atoms in total. The zero-order chi connectivity index (χ0) is 18.8. The van der Waals surface area contributed by atoms with Crippen molar-refractivity contribution in [3.05, 3.63) is 40.3 Å². The Kier molecular flexibility index (Phi) is 5.47. The van der Waals surface area contributed by atoms with Gasteiger partial charge >= 0.3 is 11.9 Å². The van der Waals surface area contributed by atoms with Crippen molar-refractivity contribution < 1.29 is 19.1 Å². The first-order chi connectivity index (χ1) is 11.6. The van der Waals surface area contributed by atoms with E-state index in [-0.39, 0.29) is 10.7 Å². The number of ether oxygens (including phenoxy) is 2. The fourth-order valence-electron chi connectivity index (χ4n) is 2.12. The van der Waals surface area contributed by atoms with Gasteiger partial charge < -0.3 is 9.47 Å². The third kappa shape index (κ3) is 5.03. The molecule has 134 valence electrons. The van der Waals surface area contributed by atoms with E-state index in [9.17, 15) is 9.59 Å². The molecule has 0 fully saturated rings. The molecule has 2 heterocycles. The zero-order valence-electron chi connectivity index (χ0n) is 14.8. The van der Waals surface area contributed by atoms with Crippen LogP contribution in [0.25, 0.3) is 5.82 Å². The Hall–Kier alpha value is -2.41. The maximum atomic E-state index is 12.2. The van der Waals surface area contributed by atoms with Gasteiger partial charge in [0.2, 0.25) is 0 Å². The topological polar surface area (TPSA) is 83.3 Å². The van der Waals surface area contributed by atoms with Crippen molar-refractivity contribution in [2.75, 3.05) is 6.61 Å². The molecule has 0 aromatic carbocycles. The largest absolute Gasteiger partial charge is 0.457 e. The number of esters is 2. The van der Waals surface area contributed by atoms with Crippen LogP contribution in [0, 0.1) is 13.8 Å². The van der Waals surface area contributed by atoms with Gasteiger partial charge in [0, 0.05) is 5.69 Å². The van der Waals surface area contributed by atoms with E-state index >= 15 is 0 Å². The van der Waals surface area contributed by atoms with Gasteiger partial charge in [-0.15, -0.1) is 0 Å². The molecule has 0 atom stereocenters. The van der Waals surface area contributed by atoms with E-state index in [1.54, 1.807) is 31.5 Å². The number of rotatable bonds is 4. The highest BCUT2D eigenvalue weighted by Gasteiger charge is 2.21. The summed E-state index contributed by atoms with van der Waals surface area (Å²) in [4.78, 5) is 28.1. The van der Waals surface area contributed by atoms with Gasteiger partial charge in [-0.25, -0.2) is 19.3 Å². The van der Waals surface area contributed by atoms with E-state index in [1.165, 1.54) is 6.07 Å². The predicted octanol–water partition coefficient (Wildman–Crippen LogP) is 3.04. The highest BCUT2D eigenvalue weighted by atomic mass is 35.5. The molecule has 0 N–H and O–H groups in total. The average molecular weight is 366 g/mol. The summed E-state index contributed by atoms with van der Waals surface area (Å²) in [6.45, 7) is 8.39. The van der Waals surface area contributed by atoms with E-state index in [1.807, 2.05) is 19.9 Å². The lowest BCUT2D eigenvalue weighted by Crippen LogP contribution is -2.27. The summed E-state index contributed by atoms with van der Waals surface area (Å²) >= 11 is 6.04. The third-order valence-electron chi connectivity index (χ3n) is 2.99. The normalized spacial score (nSPS) is 11.3. The number of carbonyl (C=O) groups excluding carboxylic acids is 2. The predicted molar refractivity (Wildman–Crippen MR) is 92.0 cm³/mol. The Balaban J connectivity index is 2.16. The highest BCUT2D eigenvalue weighted by molar-refractivity contribution is 6.33. The SMILES string of the molecule is Cc1cc(C)n(-c2ccc(Cl)c(C(=O)OCC(=O)OC(C)(C)C)n2)n1. The quantitative estimate of drug-likeness (QED) is 0.774. The lowest BCUT2D eigenvalue weighted by Gasteiger charge is -2.19. The lowest BCUT2D eigenvalue weighted by atomic mass is 10.2. The number of pyridine rings is 1. The Morgan fingerprint density at radius 2 is 1.92 bits per heavy atom. The molecule has 0 saturated heterocycles. The van der Waals surface area contributed by atoms with Crippen LogP contribution in [0.4, 0.5) is 0 Å². The number of aromatic nitrogens is 3. The Bertz CT molecular complexity index is 809. The fourth-order valence-corrected chi connectivity index (χ4v) is 2.30. The number of aryl methyl sites for hydroxylation is 2. The van der Waals surface area contributed by atoms with Gasteiger partial charge in [0.25, 0.3) is 0 Å². The van der Waals surface area contributed by atoms with Crippen LogP contribution in [-0.2, 0) is 14.3 Å². The first kappa shape index (κ1) is 18.9. The van der Waals surface area contributed by atoms with Crippen LogP contribution in [0.3, 0.4) is 0 Å². The van der Waals surface area contributed by atoms with Crippen molar-refractivity contribution in [3.8, 4) is 5.82 Å². The molecule has 0 spiro atoms. The fraction of sp³-hybridized carbons (Fsp3) is 0.412. The molecule has 0 amide bonds. The molecule has 0 saturated carbocycles. The van der Waals surface area contributed by atoms with Crippen LogP contribution in [0.15, 0.2) is 18.2 Å². The Morgan fingerprint density at radius 1 is 1.24 bits per heavy atom. The number of carbonyl (C=O) groups is 2. The summed E-state index contributed by atoms with van der Waals surface area (Å²) in [6.07, 6.45) is 0. The minimum absolute atomic E-state index is 0.0877. The summed E-state index contributed by atoms with van der Waals surface area (Å²) in [5, 5.41) is 4.43. The van der Waals surface area contributed by atoms with Gasteiger partial charge in [-0.2, -0.15) is 5.10 Å². The molecule has 0 bridgehead atoms. The van der Waals surface area contributed by atoms with Crippen LogP contribution >= 0.6 is 11.6 Å². The molecule has 0 unspecified atom stereocenters. The van der Waals surface area contributed by atoms with Crippen LogP contribution in [0.1, 0.15) is 42.6 Å². The molecule has 0 aliphatic carbocycles. The molecule has 2 aromatic rings. The number of halogens is 1. The van der Waals surface area contributed by atoms with E-state index in [0.717, 1.165) is 11.4 Å². The smallest absolute Gasteiger partial charge is 0.359 e. The number of hydrogen-bond donors (Lipinski definition) is 0. The van der Waals surface area contributed by atoms with E-state index in [4.69, 9.17) is 21.1 Å². The Labute approximate surface area is 150 Å². The molecule has 0 radical (unpaired) electrons. The third-order valence-corrected chi connectivity index (χ3v) is 3.30. The molecule has 0 aliphatic rings. The van der Waals surface area contributed by atoms with Gasteiger partial charge in [-0.1, -0.05) is 11.6 Å². The minimum Gasteiger partial charge on any atom is -0.457 e. The van der Waals surface area contributed by atoms with Gasteiger partial charge in [-0.05, 0) is 52.8 Å². The number of nitrogens with zero attached hydrogens (tertiary/aromatic N) is 3. The summed E-state index contributed by atoms with van der Waals surface area (Å²) in [5.74, 6) is -1.02. The Morgan fingerprint density at radius 3 is 2.48 bits per heavy atom. The monoisotopic (exact) mass is 365 g/mol. The molecule has 8 heteroatoms. The first-order valence-electron chi connectivity index (χ1n) is 7.66. The number of hydrogen-bond acceptors (Lipinski definition) is 6. The first-order valence-corrected chi connectivity index (χ1v) is 8.04. The van der Waals surface area contributed by atoms with Gasteiger partial charge in [0.15, 0.2) is 18.1 Å². The summed E-state index contributed by atoms with van der Waals surface area (Å²) in [6, 6.07) is 5.06. The molecular formula is C17H20ClN3O4. The summed E-state index contributed by atoms with van der Waals surface area (Å²) in [5.41, 5.74) is 0.938. The van der Waals surface area contributed by atoms with Crippen molar-refractivity contribution in [1.29, 1.82) is 0 Å². The van der Waals surface area contributed by atoms with Gasteiger partial charge in [0.1, 0.15) is 5.60 Å². The second-order valence-electron chi connectivity index (χ2n) is 6.50. The maximum absolute atomic E-state index is 12.2. The zero-order valence-corrected chi connectivity index (χ0v) is 15.5. The van der Waals surface area contributed by atoms with Gasteiger partial charge in [-0.3, -0.25) is 0 Å². The second-order valence-corrected chi connectivity index (χ2v) is 6.91. The molecule has 25 heavy (non-hydrogen) atoms. The minimum atomic E-state index is -0.806. The van der Waals surface area contributed by atoms with Crippen LogP contribution in [-0.4, -0.2) is 38.9 Å². The van der Waals surface area contributed by atoms with Crippen molar-refractivity contribution in [1.82, 2.24) is 14.8 Å². The summed E-state index contributed by atoms with van der Waals surface area (Å²) in [7, 11) is 0. The summed E-state index contributed by atoms with van der Waals surface area (Å²) < 4.78 is 11.6. The van der Waals surface area contributed by atoms with Crippen LogP contribution < -0.4 is 0 Å². The second kappa shape index (κ2) is 7.23. The highest BCUT2D eigenvalue weighted by Crippen LogP contribution is 2.18. The van der Waals surface area contributed by atoms with E-state index in [2.05, 4.69) is 10.1 Å². The standard InChI is InChI=1S/C17H20ClN3O4/c1-10-8-11(2)21(20-10)13-7-6-12(18)15(19-13)16(23)24-9-14(22)25-17(3,4)5/h6-8H,9H2,1-5H3. The molecule has 2 aromatic heterocycles. The average Bonchev–Trinajstić information content (AvgIpc) is 2.82. The lowest BCUT2D eigenvalue weighted by molar-refractivity contribution is -0.158. The van der Waals surface area contributed by atoms with E-state index in [0.29, 0.717) is 5.82 Å². The van der Waals surface area contributed by atoms with Crippen molar-refractivity contribution in [2.24, 2.45) is 0 Å². The van der Waals surface area contributed by atoms with Crippen molar-refractivity contribution in [2.45, 2.75) is 40.2 Å².